The highest BCUT2D eigenvalue weighted by Crippen LogP contribution is 2.31. The largest absolute Gasteiger partial charge is 0.457 e. The first-order chi connectivity index (χ1) is 8.60. The number of rotatable bonds is 3. The third kappa shape index (κ3) is 2.81. The van der Waals surface area contributed by atoms with Crippen LogP contribution >= 0.6 is 11.6 Å². The van der Waals surface area contributed by atoms with Crippen LogP contribution in [0.4, 0.5) is 0 Å². The van der Waals surface area contributed by atoms with Crippen molar-refractivity contribution in [3.63, 3.8) is 0 Å². The maximum Gasteiger partial charge on any atom is 0.133 e. The predicted octanol–water partition coefficient (Wildman–Crippen LogP) is 3.64. The monoisotopic (exact) mass is 263 g/mol. The van der Waals surface area contributed by atoms with Gasteiger partial charge in [0.15, 0.2) is 0 Å². The third-order valence-corrected chi connectivity index (χ3v) is 2.81. The van der Waals surface area contributed by atoms with Gasteiger partial charge in [-0.1, -0.05) is 11.6 Å². The molecule has 0 aliphatic heterocycles. The van der Waals surface area contributed by atoms with Crippen molar-refractivity contribution in [3.05, 3.63) is 52.3 Å². The van der Waals surface area contributed by atoms with E-state index in [1.165, 1.54) is 0 Å². The molecule has 0 unspecified atom stereocenters. The van der Waals surface area contributed by atoms with E-state index in [1.807, 2.05) is 26.0 Å². The number of aliphatic hydroxyl groups is 1. The lowest BCUT2D eigenvalue weighted by atomic mass is 10.1. The molecule has 1 aromatic carbocycles. The maximum atomic E-state index is 9.04. The van der Waals surface area contributed by atoms with Crippen molar-refractivity contribution in [1.29, 1.82) is 0 Å². The third-order valence-electron chi connectivity index (χ3n) is 2.60. The topological polar surface area (TPSA) is 42.4 Å². The average molecular weight is 264 g/mol. The smallest absolute Gasteiger partial charge is 0.133 e. The zero-order valence-corrected chi connectivity index (χ0v) is 11.0. The Labute approximate surface area is 111 Å². The number of aryl methyl sites for hydroxylation is 2. The number of hydrogen-bond acceptors (Lipinski definition) is 3. The van der Waals surface area contributed by atoms with Gasteiger partial charge in [0.05, 0.1) is 12.3 Å². The van der Waals surface area contributed by atoms with Crippen LogP contribution in [0.15, 0.2) is 30.5 Å². The summed E-state index contributed by atoms with van der Waals surface area (Å²) >= 11 is 5.97. The first-order valence-corrected chi connectivity index (χ1v) is 5.98. The molecule has 1 aromatic heterocycles. The molecule has 0 aliphatic carbocycles. The summed E-state index contributed by atoms with van der Waals surface area (Å²) in [4.78, 5) is 4.01. The lowest BCUT2D eigenvalue weighted by Gasteiger charge is -2.12. The molecule has 0 bridgehead atoms. The summed E-state index contributed by atoms with van der Waals surface area (Å²) in [6.45, 7) is 3.79. The van der Waals surface area contributed by atoms with Gasteiger partial charge in [-0.2, -0.15) is 0 Å². The van der Waals surface area contributed by atoms with Crippen molar-refractivity contribution < 1.29 is 9.84 Å². The molecule has 2 aromatic rings. The molecule has 1 N–H and O–H groups in total. The molecule has 2 rings (SSSR count). The van der Waals surface area contributed by atoms with E-state index in [9.17, 15) is 0 Å². The van der Waals surface area contributed by atoms with Crippen molar-refractivity contribution in [2.24, 2.45) is 0 Å². The highest BCUT2D eigenvalue weighted by molar-refractivity contribution is 6.30. The molecule has 0 fully saturated rings. The van der Waals surface area contributed by atoms with Crippen molar-refractivity contribution in [2.75, 3.05) is 0 Å². The minimum Gasteiger partial charge on any atom is -0.457 e. The minimum absolute atomic E-state index is 0.101. The Balaban J connectivity index is 2.33. The van der Waals surface area contributed by atoms with E-state index in [-0.39, 0.29) is 6.61 Å². The summed E-state index contributed by atoms with van der Waals surface area (Å²) < 4.78 is 5.83. The standard InChI is InChI=1S/C14H14ClNO2/c1-9-5-11(15)6-10(2)14(9)18-13-3-4-16-12(7-13)8-17/h3-7,17H,8H2,1-2H3. The van der Waals surface area contributed by atoms with Crippen LogP contribution in [0.2, 0.25) is 5.02 Å². The van der Waals surface area contributed by atoms with Crippen LogP contribution in [-0.4, -0.2) is 10.1 Å². The number of ether oxygens (including phenoxy) is 1. The van der Waals surface area contributed by atoms with E-state index in [0.29, 0.717) is 16.5 Å². The quantitative estimate of drug-likeness (QED) is 0.919. The van der Waals surface area contributed by atoms with E-state index in [2.05, 4.69) is 4.98 Å². The van der Waals surface area contributed by atoms with Gasteiger partial charge in [0.25, 0.3) is 0 Å². The number of benzene rings is 1. The Bertz CT molecular complexity index is 546. The summed E-state index contributed by atoms with van der Waals surface area (Å²) in [7, 11) is 0. The minimum atomic E-state index is -0.101. The number of aliphatic hydroxyl groups excluding tert-OH is 1. The van der Waals surface area contributed by atoms with Gasteiger partial charge in [-0.3, -0.25) is 4.98 Å². The highest BCUT2D eigenvalue weighted by atomic mass is 35.5. The first kappa shape index (κ1) is 12.9. The van der Waals surface area contributed by atoms with Crippen LogP contribution in [-0.2, 0) is 6.61 Å². The maximum absolute atomic E-state index is 9.04. The molecule has 0 amide bonds. The van der Waals surface area contributed by atoms with Crippen LogP contribution in [0.1, 0.15) is 16.8 Å². The van der Waals surface area contributed by atoms with E-state index < -0.39 is 0 Å². The zero-order valence-electron chi connectivity index (χ0n) is 10.3. The Kier molecular flexibility index (Phi) is 3.84. The van der Waals surface area contributed by atoms with E-state index in [4.69, 9.17) is 21.4 Å². The molecule has 0 radical (unpaired) electrons. The molecule has 0 spiro atoms. The first-order valence-electron chi connectivity index (χ1n) is 5.60. The zero-order chi connectivity index (χ0) is 13.1. The van der Waals surface area contributed by atoms with Gasteiger partial charge in [0.1, 0.15) is 11.5 Å². The van der Waals surface area contributed by atoms with Gasteiger partial charge in [0, 0.05) is 17.3 Å². The summed E-state index contributed by atoms with van der Waals surface area (Å²) in [5.74, 6) is 1.44. The molecule has 0 saturated heterocycles. The van der Waals surface area contributed by atoms with Gasteiger partial charge in [0.2, 0.25) is 0 Å². The van der Waals surface area contributed by atoms with Crippen molar-refractivity contribution in [2.45, 2.75) is 20.5 Å². The molecule has 18 heavy (non-hydrogen) atoms. The summed E-state index contributed by atoms with van der Waals surface area (Å²) in [5.41, 5.74) is 2.53. The Morgan fingerprint density at radius 3 is 2.50 bits per heavy atom. The molecular weight excluding hydrogens is 250 g/mol. The normalized spacial score (nSPS) is 10.4. The molecule has 0 atom stereocenters. The molecular formula is C14H14ClNO2. The van der Waals surface area contributed by atoms with Gasteiger partial charge in [-0.05, 0) is 43.2 Å². The number of hydrogen-bond donors (Lipinski definition) is 1. The van der Waals surface area contributed by atoms with E-state index >= 15 is 0 Å². The van der Waals surface area contributed by atoms with E-state index in [1.54, 1.807) is 18.3 Å². The van der Waals surface area contributed by atoms with Crippen LogP contribution < -0.4 is 4.74 Å². The van der Waals surface area contributed by atoms with Crippen LogP contribution in [0.3, 0.4) is 0 Å². The number of aromatic nitrogens is 1. The lowest BCUT2D eigenvalue weighted by molar-refractivity contribution is 0.276. The lowest BCUT2D eigenvalue weighted by Crippen LogP contribution is -1.94. The van der Waals surface area contributed by atoms with Crippen molar-refractivity contribution in [3.8, 4) is 11.5 Å². The average Bonchev–Trinajstić information content (AvgIpc) is 2.34. The van der Waals surface area contributed by atoms with E-state index in [0.717, 1.165) is 16.9 Å². The Morgan fingerprint density at radius 1 is 1.22 bits per heavy atom. The Morgan fingerprint density at radius 2 is 1.89 bits per heavy atom. The molecule has 1 heterocycles. The van der Waals surface area contributed by atoms with Gasteiger partial charge in [-0.15, -0.1) is 0 Å². The summed E-state index contributed by atoms with van der Waals surface area (Å²) in [6, 6.07) is 7.19. The molecule has 0 saturated carbocycles. The van der Waals surface area contributed by atoms with Crippen LogP contribution in [0.25, 0.3) is 0 Å². The summed E-state index contributed by atoms with van der Waals surface area (Å²) in [5, 5.41) is 9.74. The van der Waals surface area contributed by atoms with Gasteiger partial charge in [-0.25, -0.2) is 0 Å². The Hall–Kier alpha value is -1.58. The predicted molar refractivity (Wildman–Crippen MR) is 71.2 cm³/mol. The van der Waals surface area contributed by atoms with Crippen LogP contribution in [0, 0.1) is 13.8 Å². The number of halogens is 1. The molecule has 0 aliphatic rings. The van der Waals surface area contributed by atoms with Crippen molar-refractivity contribution in [1.82, 2.24) is 4.98 Å². The fraction of sp³-hybridized carbons (Fsp3) is 0.214. The fourth-order valence-electron chi connectivity index (χ4n) is 1.78. The molecule has 94 valence electrons. The number of nitrogens with zero attached hydrogens (tertiary/aromatic N) is 1. The van der Waals surface area contributed by atoms with Gasteiger partial charge >= 0.3 is 0 Å². The molecule has 3 nitrogen and oxygen atoms in total. The van der Waals surface area contributed by atoms with Crippen LogP contribution in [0.5, 0.6) is 11.5 Å². The SMILES string of the molecule is Cc1cc(Cl)cc(C)c1Oc1ccnc(CO)c1. The second-order valence-corrected chi connectivity index (χ2v) is 4.55. The van der Waals surface area contributed by atoms with Gasteiger partial charge < -0.3 is 9.84 Å². The number of pyridine rings is 1. The van der Waals surface area contributed by atoms with Crippen molar-refractivity contribution >= 4 is 11.6 Å². The highest BCUT2D eigenvalue weighted by Gasteiger charge is 2.07. The second-order valence-electron chi connectivity index (χ2n) is 4.11. The fourth-order valence-corrected chi connectivity index (χ4v) is 2.11. The summed E-state index contributed by atoms with van der Waals surface area (Å²) in [6.07, 6.45) is 1.61. The second kappa shape index (κ2) is 5.38. The molecule has 4 heteroatoms.